The average molecular weight is 308 g/mol. The standard InChI is InChI=1S/C12H16BrClS/c1-15-7-6-11(9-13)8-10-2-4-12(14)5-3-10/h2-5,11H,6-9H2,1H3. The molecule has 1 atom stereocenters. The van der Waals surface area contributed by atoms with E-state index in [1.165, 1.54) is 17.7 Å². The van der Waals surface area contributed by atoms with Gasteiger partial charge in [-0.05, 0) is 48.5 Å². The first-order valence-corrected chi connectivity index (χ1v) is 7.95. The molecule has 0 saturated heterocycles. The minimum absolute atomic E-state index is 0.735. The fraction of sp³-hybridized carbons (Fsp3) is 0.500. The summed E-state index contributed by atoms with van der Waals surface area (Å²) in [6.45, 7) is 0. The van der Waals surface area contributed by atoms with Gasteiger partial charge in [0.2, 0.25) is 0 Å². The molecule has 1 unspecified atom stereocenters. The highest BCUT2D eigenvalue weighted by Crippen LogP contribution is 2.18. The van der Waals surface area contributed by atoms with Crippen LogP contribution < -0.4 is 0 Å². The van der Waals surface area contributed by atoms with Crippen LogP contribution in [0.25, 0.3) is 0 Å². The van der Waals surface area contributed by atoms with E-state index in [2.05, 4.69) is 34.3 Å². The molecule has 0 aliphatic rings. The number of thioether (sulfide) groups is 1. The Labute approximate surface area is 110 Å². The number of benzene rings is 1. The highest BCUT2D eigenvalue weighted by molar-refractivity contribution is 9.09. The summed E-state index contributed by atoms with van der Waals surface area (Å²) >= 11 is 11.4. The molecule has 0 bridgehead atoms. The summed E-state index contributed by atoms with van der Waals surface area (Å²) < 4.78 is 0. The van der Waals surface area contributed by atoms with Gasteiger partial charge in [-0.25, -0.2) is 0 Å². The maximum absolute atomic E-state index is 5.85. The molecular weight excluding hydrogens is 292 g/mol. The molecule has 0 fully saturated rings. The Bertz CT molecular complexity index is 273. The molecule has 0 nitrogen and oxygen atoms in total. The minimum Gasteiger partial charge on any atom is -0.165 e. The molecular formula is C12H16BrClS. The number of hydrogen-bond donors (Lipinski definition) is 0. The van der Waals surface area contributed by atoms with E-state index in [1.807, 2.05) is 23.9 Å². The molecule has 15 heavy (non-hydrogen) atoms. The second-order valence-corrected chi connectivity index (χ2v) is 5.70. The molecule has 0 aliphatic heterocycles. The quantitative estimate of drug-likeness (QED) is 0.690. The Morgan fingerprint density at radius 1 is 1.33 bits per heavy atom. The minimum atomic E-state index is 0.735. The molecule has 0 saturated carbocycles. The van der Waals surface area contributed by atoms with Crippen molar-refractivity contribution in [1.29, 1.82) is 0 Å². The van der Waals surface area contributed by atoms with E-state index in [-0.39, 0.29) is 0 Å². The molecule has 84 valence electrons. The van der Waals surface area contributed by atoms with Crippen LogP contribution in [0.4, 0.5) is 0 Å². The zero-order valence-electron chi connectivity index (χ0n) is 8.88. The molecule has 1 rings (SSSR count). The molecule has 3 heteroatoms. The van der Waals surface area contributed by atoms with E-state index in [9.17, 15) is 0 Å². The van der Waals surface area contributed by atoms with Crippen LogP contribution in [-0.4, -0.2) is 17.3 Å². The molecule has 0 aliphatic carbocycles. The summed E-state index contributed by atoms with van der Waals surface area (Å²) in [5, 5.41) is 1.90. The Balaban J connectivity index is 2.47. The SMILES string of the molecule is CSCCC(CBr)Cc1ccc(Cl)cc1. The largest absolute Gasteiger partial charge is 0.165 e. The van der Waals surface area contributed by atoms with Gasteiger partial charge in [0.1, 0.15) is 0 Å². The summed E-state index contributed by atoms with van der Waals surface area (Å²) in [6.07, 6.45) is 4.58. The fourth-order valence-electron chi connectivity index (χ4n) is 1.47. The average Bonchev–Trinajstić information content (AvgIpc) is 2.27. The van der Waals surface area contributed by atoms with E-state index in [4.69, 9.17) is 11.6 Å². The van der Waals surface area contributed by atoms with Gasteiger partial charge in [0, 0.05) is 10.4 Å². The summed E-state index contributed by atoms with van der Waals surface area (Å²) in [6, 6.07) is 8.18. The normalized spacial score (nSPS) is 12.7. The number of alkyl halides is 1. The first kappa shape index (κ1) is 13.4. The van der Waals surface area contributed by atoms with E-state index < -0.39 is 0 Å². The van der Waals surface area contributed by atoms with Crippen LogP contribution in [-0.2, 0) is 6.42 Å². The van der Waals surface area contributed by atoms with Crippen molar-refractivity contribution >= 4 is 39.3 Å². The van der Waals surface area contributed by atoms with E-state index in [0.29, 0.717) is 0 Å². The number of hydrogen-bond acceptors (Lipinski definition) is 1. The topological polar surface area (TPSA) is 0 Å². The molecule has 1 aromatic rings. The predicted octanol–water partition coefficient (Wildman–Crippen LogP) is 4.65. The van der Waals surface area contributed by atoms with Gasteiger partial charge in [0.15, 0.2) is 0 Å². The highest BCUT2D eigenvalue weighted by atomic mass is 79.9. The van der Waals surface area contributed by atoms with Gasteiger partial charge in [-0.2, -0.15) is 11.8 Å². The number of rotatable bonds is 6. The van der Waals surface area contributed by atoms with Gasteiger partial charge in [-0.3, -0.25) is 0 Å². The Kier molecular flexibility index (Phi) is 6.78. The van der Waals surface area contributed by atoms with Crippen molar-refractivity contribution in [3.63, 3.8) is 0 Å². The predicted molar refractivity (Wildman–Crippen MR) is 75.4 cm³/mol. The Morgan fingerprint density at radius 3 is 2.53 bits per heavy atom. The second-order valence-electron chi connectivity index (χ2n) is 3.63. The molecule has 0 amide bonds. The van der Waals surface area contributed by atoms with Crippen LogP contribution in [0.1, 0.15) is 12.0 Å². The van der Waals surface area contributed by atoms with Crippen molar-refractivity contribution in [2.75, 3.05) is 17.3 Å². The molecule has 0 N–H and O–H groups in total. The maximum Gasteiger partial charge on any atom is 0.0406 e. The van der Waals surface area contributed by atoms with Crippen molar-refractivity contribution < 1.29 is 0 Å². The van der Waals surface area contributed by atoms with Gasteiger partial charge in [-0.15, -0.1) is 0 Å². The lowest BCUT2D eigenvalue weighted by molar-refractivity contribution is 0.579. The van der Waals surface area contributed by atoms with Gasteiger partial charge in [-0.1, -0.05) is 39.7 Å². The molecule has 0 radical (unpaired) electrons. The lowest BCUT2D eigenvalue weighted by Gasteiger charge is -2.13. The zero-order chi connectivity index (χ0) is 11.1. The first-order chi connectivity index (χ1) is 7.26. The van der Waals surface area contributed by atoms with Crippen LogP contribution in [0.5, 0.6) is 0 Å². The van der Waals surface area contributed by atoms with Crippen LogP contribution in [0.3, 0.4) is 0 Å². The molecule has 0 spiro atoms. The van der Waals surface area contributed by atoms with E-state index in [1.54, 1.807) is 0 Å². The van der Waals surface area contributed by atoms with Crippen molar-refractivity contribution in [2.45, 2.75) is 12.8 Å². The van der Waals surface area contributed by atoms with E-state index in [0.717, 1.165) is 22.7 Å². The van der Waals surface area contributed by atoms with Gasteiger partial charge < -0.3 is 0 Å². The molecule has 1 aromatic carbocycles. The Morgan fingerprint density at radius 2 is 2.00 bits per heavy atom. The molecule has 0 aromatic heterocycles. The maximum atomic E-state index is 5.85. The van der Waals surface area contributed by atoms with Crippen LogP contribution in [0, 0.1) is 5.92 Å². The van der Waals surface area contributed by atoms with Gasteiger partial charge >= 0.3 is 0 Å². The molecule has 0 heterocycles. The van der Waals surface area contributed by atoms with Crippen LogP contribution in [0.2, 0.25) is 5.02 Å². The Hall–Kier alpha value is 0.340. The van der Waals surface area contributed by atoms with E-state index >= 15 is 0 Å². The van der Waals surface area contributed by atoms with Gasteiger partial charge in [0.25, 0.3) is 0 Å². The summed E-state index contributed by atoms with van der Waals surface area (Å²) in [5.74, 6) is 1.97. The highest BCUT2D eigenvalue weighted by Gasteiger charge is 2.07. The lowest BCUT2D eigenvalue weighted by atomic mass is 9.99. The van der Waals surface area contributed by atoms with Crippen LogP contribution in [0.15, 0.2) is 24.3 Å². The monoisotopic (exact) mass is 306 g/mol. The third kappa shape index (κ3) is 5.28. The smallest absolute Gasteiger partial charge is 0.0406 e. The lowest BCUT2D eigenvalue weighted by Crippen LogP contribution is -2.07. The van der Waals surface area contributed by atoms with Gasteiger partial charge in [0.05, 0.1) is 0 Å². The third-order valence-electron chi connectivity index (χ3n) is 2.39. The van der Waals surface area contributed by atoms with Crippen molar-refractivity contribution in [1.82, 2.24) is 0 Å². The first-order valence-electron chi connectivity index (χ1n) is 5.05. The third-order valence-corrected chi connectivity index (χ3v) is 4.20. The fourth-order valence-corrected chi connectivity index (χ4v) is 2.72. The summed E-state index contributed by atoms with van der Waals surface area (Å²) in [7, 11) is 0. The number of halogens is 2. The summed E-state index contributed by atoms with van der Waals surface area (Å²) in [4.78, 5) is 0. The van der Waals surface area contributed by atoms with Crippen molar-refractivity contribution in [2.24, 2.45) is 5.92 Å². The van der Waals surface area contributed by atoms with Crippen LogP contribution >= 0.6 is 39.3 Å². The zero-order valence-corrected chi connectivity index (χ0v) is 12.0. The van der Waals surface area contributed by atoms with Crippen molar-refractivity contribution in [3.05, 3.63) is 34.9 Å². The second kappa shape index (κ2) is 7.59. The summed E-state index contributed by atoms with van der Waals surface area (Å²) in [5.41, 5.74) is 1.38. The van der Waals surface area contributed by atoms with Crippen molar-refractivity contribution in [3.8, 4) is 0 Å².